The number of nitrogens with zero attached hydrogens (tertiary/aromatic N) is 2. The Labute approximate surface area is 109 Å². The van der Waals surface area contributed by atoms with Crippen LogP contribution < -0.4 is 4.90 Å². The molecule has 0 aromatic carbocycles. The number of pyridine rings is 1. The van der Waals surface area contributed by atoms with Crippen molar-refractivity contribution in [2.75, 3.05) is 11.4 Å². The van der Waals surface area contributed by atoms with E-state index in [1.54, 1.807) is 6.92 Å². The first-order valence-corrected chi connectivity index (χ1v) is 7.16. The minimum absolute atomic E-state index is 0.472. The van der Waals surface area contributed by atoms with Gasteiger partial charge in [0.1, 0.15) is 0 Å². The predicted octanol–water partition coefficient (Wildman–Crippen LogP) is 2.90. The Balaban J connectivity index is 1.78. The van der Waals surface area contributed by atoms with Crippen molar-refractivity contribution in [3.05, 3.63) is 24.0 Å². The van der Waals surface area contributed by atoms with Gasteiger partial charge in [-0.3, -0.25) is 4.98 Å². The van der Waals surface area contributed by atoms with Crippen molar-refractivity contribution >= 4 is 5.69 Å². The van der Waals surface area contributed by atoms with Gasteiger partial charge in [0.15, 0.2) is 0 Å². The zero-order chi connectivity index (χ0) is 12.5. The number of aliphatic hydroxyl groups excluding tert-OH is 1. The molecule has 3 heteroatoms. The average Bonchev–Trinajstić information content (AvgIpc) is 2.82. The fourth-order valence-electron chi connectivity index (χ4n) is 3.54. The summed E-state index contributed by atoms with van der Waals surface area (Å²) in [6.45, 7) is 2.93. The van der Waals surface area contributed by atoms with Gasteiger partial charge in [0.05, 0.1) is 23.7 Å². The van der Waals surface area contributed by atoms with Crippen LogP contribution in [0.25, 0.3) is 0 Å². The van der Waals surface area contributed by atoms with Crippen molar-refractivity contribution in [1.29, 1.82) is 0 Å². The smallest absolute Gasteiger partial charge is 0.0931 e. The molecule has 98 valence electrons. The first kappa shape index (κ1) is 12.0. The summed E-state index contributed by atoms with van der Waals surface area (Å²) in [7, 11) is 0. The van der Waals surface area contributed by atoms with Crippen molar-refractivity contribution < 1.29 is 5.11 Å². The van der Waals surface area contributed by atoms with E-state index < -0.39 is 6.10 Å². The van der Waals surface area contributed by atoms with Gasteiger partial charge in [-0.05, 0) is 44.2 Å². The Morgan fingerprint density at radius 2 is 2.11 bits per heavy atom. The van der Waals surface area contributed by atoms with Crippen molar-refractivity contribution in [3.63, 3.8) is 0 Å². The normalized spacial score (nSPS) is 29.1. The van der Waals surface area contributed by atoms with Gasteiger partial charge in [-0.25, -0.2) is 0 Å². The van der Waals surface area contributed by atoms with E-state index in [9.17, 15) is 5.11 Å². The number of aromatic nitrogens is 1. The average molecular weight is 246 g/mol. The van der Waals surface area contributed by atoms with E-state index in [1.807, 2.05) is 12.3 Å². The second-order valence-corrected chi connectivity index (χ2v) is 5.71. The van der Waals surface area contributed by atoms with Crippen LogP contribution in [0.1, 0.15) is 50.8 Å². The number of anilines is 1. The zero-order valence-electron chi connectivity index (χ0n) is 11.0. The standard InChI is InChI=1S/C15H22N2O/c1-11(18)14-7-6-13(10-16-14)17-9-8-12-4-2-3-5-15(12)17/h6-7,10-12,15,18H,2-5,8-9H2,1H3. The molecule has 2 aliphatic rings. The van der Waals surface area contributed by atoms with Gasteiger partial charge in [0, 0.05) is 12.6 Å². The van der Waals surface area contributed by atoms with E-state index in [1.165, 1.54) is 44.3 Å². The molecule has 0 bridgehead atoms. The lowest BCUT2D eigenvalue weighted by atomic mass is 9.85. The maximum Gasteiger partial charge on any atom is 0.0931 e. The van der Waals surface area contributed by atoms with Gasteiger partial charge in [-0.1, -0.05) is 12.8 Å². The van der Waals surface area contributed by atoms with Crippen LogP contribution in [0.5, 0.6) is 0 Å². The van der Waals surface area contributed by atoms with Gasteiger partial charge >= 0.3 is 0 Å². The van der Waals surface area contributed by atoms with Crippen molar-refractivity contribution in [1.82, 2.24) is 4.98 Å². The van der Waals surface area contributed by atoms with Crippen molar-refractivity contribution in [2.45, 2.75) is 51.2 Å². The zero-order valence-corrected chi connectivity index (χ0v) is 11.0. The molecule has 0 amide bonds. The summed E-state index contributed by atoms with van der Waals surface area (Å²) in [5.41, 5.74) is 1.99. The first-order valence-electron chi connectivity index (χ1n) is 7.16. The summed E-state index contributed by atoms with van der Waals surface area (Å²) in [5, 5.41) is 9.49. The predicted molar refractivity (Wildman–Crippen MR) is 72.6 cm³/mol. The highest BCUT2D eigenvalue weighted by Crippen LogP contribution is 2.38. The minimum atomic E-state index is -0.472. The van der Waals surface area contributed by atoms with Gasteiger partial charge < -0.3 is 10.0 Å². The molecule has 18 heavy (non-hydrogen) atoms. The molecule has 0 radical (unpaired) electrons. The Bertz CT molecular complexity index is 401. The maximum absolute atomic E-state index is 9.49. The number of hydrogen-bond donors (Lipinski definition) is 1. The highest BCUT2D eigenvalue weighted by Gasteiger charge is 2.35. The van der Waals surface area contributed by atoms with Crippen molar-refractivity contribution in [2.24, 2.45) is 5.92 Å². The number of rotatable bonds is 2. The number of aliphatic hydroxyl groups is 1. The van der Waals surface area contributed by atoms with E-state index in [2.05, 4.69) is 16.0 Å². The highest BCUT2D eigenvalue weighted by atomic mass is 16.3. The lowest BCUT2D eigenvalue weighted by Gasteiger charge is -2.33. The molecule has 1 saturated carbocycles. The molecule has 2 fully saturated rings. The Hall–Kier alpha value is -1.09. The van der Waals surface area contributed by atoms with E-state index in [0.29, 0.717) is 0 Å². The number of hydrogen-bond acceptors (Lipinski definition) is 3. The van der Waals surface area contributed by atoms with E-state index in [4.69, 9.17) is 0 Å². The second-order valence-electron chi connectivity index (χ2n) is 5.71. The fourth-order valence-corrected chi connectivity index (χ4v) is 3.54. The van der Waals surface area contributed by atoms with Crippen LogP contribution in [-0.4, -0.2) is 22.7 Å². The molecule has 1 aromatic rings. The van der Waals surface area contributed by atoms with Crippen LogP contribution in [0.2, 0.25) is 0 Å². The monoisotopic (exact) mass is 246 g/mol. The molecule has 3 rings (SSSR count). The fraction of sp³-hybridized carbons (Fsp3) is 0.667. The summed E-state index contributed by atoms with van der Waals surface area (Å²) in [6.07, 6.45) is 8.32. The van der Waals surface area contributed by atoms with Crippen LogP contribution in [0.4, 0.5) is 5.69 Å². The Morgan fingerprint density at radius 1 is 1.28 bits per heavy atom. The molecule has 2 heterocycles. The lowest BCUT2D eigenvalue weighted by molar-refractivity contribution is 0.194. The van der Waals surface area contributed by atoms with E-state index in [0.717, 1.165) is 17.7 Å². The van der Waals surface area contributed by atoms with Gasteiger partial charge in [-0.2, -0.15) is 0 Å². The quantitative estimate of drug-likeness (QED) is 0.871. The lowest BCUT2D eigenvalue weighted by Crippen LogP contribution is -2.34. The van der Waals surface area contributed by atoms with Crippen LogP contribution in [0.15, 0.2) is 18.3 Å². The third-order valence-corrected chi connectivity index (χ3v) is 4.54. The third-order valence-electron chi connectivity index (χ3n) is 4.54. The van der Waals surface area contributed by atoms with E-state index >= 15 is 0 Å². The van der Waals surface area contributed by atoms with Gasteiger partial charge in [-0.15, -0.1) is 0 Å². The van der Waals surface area contributed by atoms with Crippen LogP contribution in [0, 0.1) is 5.92 Å². The molecule has 0 spiro atoms. The van der Waals surface area contributed by atoms with Crippen LogP contribution in [-0.2, 0) is 0 Å². The van der Waals surface area contributed by atoms with Crippen LogP contribution >= 0.6 is 0 Å². The topological polar surface area (TPSA) is 36.4 Å². The minimum Gasteiger partial charge on any atom is -0.387 e. The molecule has 3 atom stereocenters. The Morgan fingerprint density at radius 3 is 2.83 bits per heavy atom. The summed E-state index contributed by atoms with van der Waals surface area (Å²) in [4.78, 5) is 6.90. The molecule has 1 saturated heterocycles. The number of fused-ring (bicyclic) bond motifs is 1. The summed E-state index contributed by atoms with van der Waals surface area (Å²) in [5.74, 6) is 0.898. The Kier molecular flexibility index (Phi) is 3.25. The van der Waals surface area contributed by atoms with Crippen molar-refractivity contribution in [3.8, 4) is 0 Å². The van der Waals surface area contributed by atoms with E-state index in [-0.39, 0.29) is 0 Å². The molecule has 1 aliphatic carbocycles. The maximum atomic E-state index is 9.49. The summed E-state index contributed by atoms with van der Waals surface area (Å²) >= 11 is 0. The molecule has 1 N–H and O–H groups in total. The molecule has 1 aromatic heterocycles. The summed E-state index contributed by atoms with van der Waals surface area (Å²) in [6, 6.07) is 4.81. The third kappa shape index (κ3) is 2.12. The molecular weight excluding hydrogens is 224 g/mol. The van der Waals surface area contributed by atoms with Gasteiger partial charge in [0.25, 0.3) is 0 Å². The highest BCUT2D eigenvalue weighted by molar-refractivity contribution is 5.47. The van der Waals surface area contributed by atoms with Gasteiger partial charge in [0.2, 0.25) is 0 Å². The second kappa shape index (κ2) is 4.88. The molecular formula is C15H22N2O. The molecule has 3 nitrogen and oxygen atoms in total. The first-order chi connectivity index (χ1) is 8.75. The van der Waals surface area contributed by atoms with Crippen LogP contribution in [0.3, 0.4) is 0 Å². The largest absolute Gasteiger partial charge is 0.387 e. The SMILES string of the molecule is CC(O)c1ccc(N2CCC3CCCCC32)cn1. The summed E-state index contributed by atoms with van der Waals surface area (Å²) < 4.78 is 0. The molecule has 3 unspecified atom stereocenters. The molecule has 1 aliphatic heterocycles.